The Kier molecular flexibility index (Phi) is 6.25. The van der Waals surface area contributed by atoms with Gasteiger partial charge in [0.1, 0.15) is 5.75 Å². The Bertz CT molecular complexity index is 1450. The van der Waals surface area contributed by atoms with E-state index in [2.05, 4.69) is 15.7 Å². The fourth-order valence-electron chi connectivity index (χ4n) is 3.54. The van der Waals surface area contributed by atoms with E-state index >= 15 is 0 Å². The number of benzene rings is 3. The first-order chi connectivity index (χ1) is 17.0. The van der Waals surface area contributed by atoms with Crippen LogP contribution in [0.25, 0.3) is 5.69 Å². The fourth-order valence-corrected chi connectivity index (χ4v) is 3.72. The quantitative estimate of drug-likeness (QED) is 0.354. The largest absolute Gasteiger partial charge is 0.453 e. The molecule has 0 aliphatic heterocycles. The molecule has 8 heteroatoms. The van der Waals surface area contributed by atoms with Crippen LogP contribution in [0, 0.1) is 6.92 Å². The van der Waals surface area contributed by atoms with Gasteiger partial charge in [-0.15, -0.1) is 0 Å². The van der Waals surface area contributed by atoms with Gasteiger partial charge in [-0.25, -0.2) is 0 Å². The highest BCUT2D eigenvalue weighted by Crippen LogP contribution is 2.30. The van der Waals surface area contributed by atoms with Crippen molar-refractivity contribution in [3.05, 3.63) is 105 Å². The Balaban J connectivity index is 1.53. The van der Waals surface area contributed by atoms with Crippen LogP contribution in [-0.4, -0.2) is 21.7 Å². The van der Waals surface area contributed by atoms with E-state index in [1.54, 1.807) is 48.5 Å². The Morgan fingerprint density at radius 3 is 2.57 bits per heavy atom. The van der Waals surface area contributed by atoms with Crippen LogP contribution < -0.4 is 20.9 Å². The molecule has 1 heterocycles. The summed E-state index contributed by atoms with van der Waals surface area (Å²) in [6, 6.07) is 21.6. The monoisotopic (exact) mass is 486 g/mol. The van der Waals surface area contributed by atoms with Crippen molar-refractivity contribution in [2.45, 2.75) is 25.8 Å². The summed E-state index contributed by atoms with van der Waals surface area (Å²) in [5, 5.41) is 11.0. The molecule has 0 radical (unpaired) electrons. The summed E-state index contributed by atoms with van der Waals surface area (Å²) < 4.78 is 7.29. The molecule has 1 fully saturated rings. The molecule has 1 aliphatic rings. The number of hydrogen-bond donors (Lipinski definition) is 2. The predicted octanol–water partition coefficient (Wildman–Crippen LogP) is 5.62. The molecule has 0 bridgehead atoms. The number of amides is 1. The van der Waals surface area contributed by atoms with E-state index in [9.17, 15) is 9.59 Å². The van der Waals surface area contributed by atoms with Crippen molar-refractivity contribution in [1.82, 2.24) is 15.1 Å². The molecule has 1 aliphatic carbocycles. The summed E-state index contributed by atoms with van der Waals surface area (Å²) in [5.74, 6) is 0.555. The van der Waals surface area contributed by atoms with E-state index < -0.39 is 5.56 Å². The predicted molar refractivity (Wildman–Crippen MR) is 136 cm³/mol. The van der Waals surface area contributed by atoms with Crippen molar-refractivity contribution in [1.29, 1.82) is 0 Å². The molecule has 4 aromatic rings. The van der Waals surface area contributed by atoms with Gasteiger partial charge in [0.2, 0.25) is 0 Å². The molecule has 35 heavy (non-hydrogen) atoms. The number of carbonyl (C=O) groups is 1. The summed E-state index contributed by atoms with van der Waals surface area (Å²) in [7, 11) is 0. The van der Waals surface area contributed by atoms with Crippen molar-refractivity contribution >= 4 is 28.9 Å². The summed E-state index contributed by atoms with van der Waals surface area (Å²) in [6.07, 6.45) is 3.49. The molecule has 3 aromatic carbocycles. The van der Waals surface area contributed by atoms with E-state index in [1.807, 2.05) is 31.2 Å². The molecule has 0 saturated heterocycles. The molecular formula is C27H23ClN4O3. The van der Waals surface area contributed by atoms with Gasteiger partial charge in [0, 0.05) is 22.3 Å². The zero-order valence-electron chi connectivity index (χ0n) is 19.0. The van der Waals surface area contributed by atoms with Crippen molar-refractivity contribution in [3.63, 3.8) is 0 Å². The first-order valence-corrected chi connectivity index (χ1v) is 11.6. The Morgan fingerprint density at radius 1 is 1.06 bits per heavy atom. The lowest BCUT2D eigenvalue weighted by atomic mass is 10.2. The third kappa shape index (κ3) is 5.36. The van der Waals surface area contributed by atoms with Crippen molar-refractivity contribution in [3.8, 4) is 17.2 Å². The normalized spacial score (nSPS) is 12.7. The molecule has 0 spiro atoms. The smallest absolute Gasteiger partial charge is 0.299 e. The van der Waals surface area contributed by atoms with Gasteiger partial charge in [-0.1, -0.05) is 41.4 Å². The molecule has 176 valence electrons. The number of rotatable bonds is 7. The summed E-state index contributed by atoms with van der Waals surface area (Å²) in [6.45, 7) is 1.97. The first kappa shape index (κ1) is 22.7. The van der Waals surface area contributed by atoms with Gasteiger partial charge in [-0.05, 0) is 68.3 Å². The van der Waals surface area contributed by atoms with E-state index in [1.165, 1.54) is 10.9 Å². The van der Waals surface area contributed by atoms with Crippen LogP contribution in [0.3, 0.4) is 0 Å². The molecule has 1 aromatic heterocycles. The molecule has 2 N–H and O–H groups in total. The van der Waals surface area contributed by atoms with Crippen molar-refractivity contribution in [2.75, 3.05) is 5.32 Å². The number of halogens is 1. The molecule has 5 rings (SSSR count). The lowest BCUT2D eigenvalue weighted by Crippen LogP contribution is -2.25. The molecule has 1 amide bonds. The highest BCUT2D eigenvalue weighted by molar-refractivity contribution is 6.30. The van der Waals surface area contributed by atoms with Crippen LogP contribution >= 0.6 is 11.6 Å². The number of hydrogen-bond acceptors (Lipinski definition) is 5. The number of aromatic nitrogens is 2. The van der Waals surface area contributed by atoms with E-state index in [4.69, 9.17) is 16.3 Å². The van der Waals surface area contributed by atoms with Crippen LogP contribution in [0.2, 0.25) is 5.02 Å². The number of carbonyl (C=O) groups excluding carboxylic acids is 1. The lowest BCUT2D eigenvalue weighted by molar-refractivity contribution is 0.0951. The van der Waals surface area contributed by atoms with Gasteiger partial charge in [0.25, 0.3) is 11.5 Å². The second kappa shape index (κ2) is 9.64. The van der Waals surface area contributed by atoms with Gasteiger partial charge in [0.15, 0.2) is 11.4 Å². The third-order valence-corrected chi connectivity index (χ3v) is 5.79. The molecule has 7 nitrogen and oxygen atoms in total. The van der Waals surface area contributed by atoms with Gasteiger partial charge >= 0.3 is 0 Å². The Morgan fingerprint density at radius 2 is 1.83 bits per heavy atom. The van der Waals surface area contributed by atoms with Crippen molar-refractivity contribution in [2.24, 2.45) is 0 Å². The van der Waals surface area contributed by atoms with E-state index in [0.29, 0.717) is 27.7 Å². The topological polar surface area (TPSA) is 85.2 Å². The van der Waals surface area contributed by atoms with Gasteiger partial charge in [-0.2, -0.15) is 9.78 Å². The zero-order valence-corrected chi connectivity index (χ0v) is 19.8. The van der Waals surface area contributed by atoms with Gasteiger partial charge in [-0.3, -0.25) is 9.59 Å². The summed E-state index contributed by atoms with van der Waals surface area (Å²) >= 11 is 6.10. The van der Waals surface area contributed by atoms with Gasteiger partial charge < -0.3 is 15.4 Å². The Hall–Kier alpha value is -4.10. The fraction of sp³-hybridized carbons (Fsp3) is 0.148. The van der Waals surface area contributed by atoms with E-state index in [0.717, 1.165) is 18.4 Å². The second-order valence-electron chi connectivity index (χ2n) is 8.45. The first-order valence-electron chi connectivity index (χ1n) is 11.3. The van der Waals surface area contributed by atoms with Crippen LogP contribution in [0.4, 0.5) is 11.4 Å². The molecule has 0 unspecified atom stereocenters. The minimum absolute atomic E-state index is 0.140. The minimum atomic E-state index is -0.402. The number of nitrogens with zero attached hydrogens (tertiary/aromatic N) is 2. The Labute approximate surface area is 207 Å². The third-order valence-electron chi connectivity index (χ3n) is 5.55. The van der Waals surface area contributed by atoms with E-state index in [-0.39, 0.29) is 23.4 Å². The summed E-state index contributed by atoms with van der Waals surface area (Å²) in [5.41, 5.74) is 2.55. The second-order valence-corrected chi connectivity index (χ2v) is 8.89. The highest BCUT2D eigenvalue weighted by Gasteiger charge is 2.24. The van der Waals surface area contributed by atoms with Crippen LogP contribution in [0.5, 0.6) is 11.5 Å². The SMILES string of the molecule is Cc1ccc(-n2ncc(Oc3cccc(Cl)c3)c(Nc3cccc(C(=O)NC4CC4)c3)c2=O)cc1. The van der Waals surface area contributed by atoms with Crippen LogP contribution in [0.15, 0.2) is 83.8 Å². The maximum Gasteiger partial charge on any atom is 0.299 e. The lowest BCUT2D eigenvalue weighted by Gasteiger charge is -2.15. The highest BCUT2D eigenvalue weighted by atomic mass is 35.5. The molecule has 1 saturated carbocycles. The average molecular weight is 487 g/mol. The molecule has 0 atom stereocenters. The van der Waals surface area contributed by atoms with Gasteiger partial charge in [0.05, 0.1) is 11.9 Å². The van der Waals surface area contributed by atoms with Crippen molar-refractivity contribution < 1.29 is 9.53 Å². The molecular weight excluding hydrogens is 464 g/mol. The van der Waals surface area contributed by atoms with Crippen LogP contribution in [0.1, 0.15) is 28.8 Å². The average Bonchev–Trinajstić information content (AvgIpc) is 3.66. The zero-order chi connectivity index (χ0) is 24.4. The van der Waals surface area contributed by atoms with Crippen LogP contribution in [-0.2, 0) is 0 Å². The minimum Gasteiger partial charge on any atom is -0.453 e. The maximum atomic E-state index is 13.6. The number of aryl methyl sites for hydroxylation is 1. The number of ether oxygens (including phenoxy) is 1. The summed E-state index contributed by atoms with van der Waals surface area (Å²) in [4.78, 5) is 26.1. The maximum absolute atomic E-state index is 13.6. The number of nitrogens with one attached hydrogen (secondary N) is 2. The standard InChI is InChI=1S/C27H23ClN4O3/c1-17-8-12-22(13-9-17)32-27(34)25(24(16-29-32)35-23-7-3-5-19(28)15-23)30-21-6-2-4-18(14-21)26(33)31-20-10-11-20/h2-9,12-16,20,30H,10-11H2,1H3,(H,31,33). The number of anilines is 2.